The van der Waals surface area contributed by atoms with Crippen molar-refractivity contribution in [2.75, 3.05) is 13.2 Å². The highest BCUT2D eigenvalue weighted by Crippen LogP contribution is 2.02. The van der Waals surface area contributed by atoms with Crippen LogP contribution in [0.25, 0.3) is 0 Å². The molecule has 2 aromatic rings. The lowest BCUT2D eigenvalue weighted by atomic mass is 10.2. The van der Waals surface area contributed by atoms with Gasteiger partial charge in [0.05, 0.1) is 6.61 Å². The van der Waals surface area contributed by atoms with Crippen LogP contribution in [-0.2, 0) is 17.9 Å². The molecule has 2 heteroatoms. The van der Waals surface area contributed by atoms with Gasteiger partial charge < -0.3 is 10.1 Å². The minimum Gasteiger partial charge on any atom is -0.377 e. The zero-order valence-corrected chi connectivity index (χ0v) is 13.8. The minimum atomic E-state index is 0.716. The molecule has 0 heterocycles. The molecule has 0 radical (unpaired) electrons. The molecule has 0 unspecified atom stereocenters. The average Bonchev–Trinajstić information content (AvgIpc) is 2.61. The Morgan fingerprint density at radius 3 is 2.17 bits per heavy atom. The van der Waals surface area contributed by atoms with Crippen LogP contribution in [0.15, 0.2) is 72.8 Å². The summed E-state index contributed by atoms with van der Waals surface area (Å²) in [6.45, 7) is 3.51. The molecular formula is C21H27NO. The van der Waals surface area contributed by atoms with Gasteiger partial charge in [0.25, 0.3) is 0 Å². The van der Waals surface area contributed by atoms with E-state index >= 15 is 0 Å². The summed E-state index contributed by atoms with van der Waals surface area (Å²) in [4.78, 5) is 0. The number of benzene rings is 2. The van der Waals surface area contributed by atoms with Crippen LogP contribution in [0, 0.1) is 0 Å². The highest BCUT2D eigenvalue weighted by atomic mass is 16.5. The Labute approximate surface area is 140 Å². The maximum atomic E-state index is 5.67. The summed E-state index contributed by atoms with van der Waals surface area (Å²) in [5, 5.41) is 3.46. The number of hydrogen-bond donors (Lipinski definition) is 1. The van der Waals surface area contributed by atoms with E-state index in [0.717, 1.165) is 39.0 Å². The van der Waals surface area contributed by atoms with Gasteiger partial charge in [-0.2, -0.15) is 0 Å². The van der Waals surface area contributed by atoms with Crippen LogP contribution in [0.5, 0.6) is 0 Å². The third-order valence-corrected chi connectivity index (χ3v) is 3.60. The molecule has 0 aliphatic carbocycles. The van der Waals surface area contributed by atoms with E-state index in [9.17, 15) is 0 Å². The summed E-state index contributed by atoms with van der Waals surface area (Å²) in [6, 6.07) is 20.8. The Hall–Kier alpha value is -1.90. The van der Waals surface area contributed by atoms with E-state index in [1.165, 1.54) is 11.1 Å². The quantitative estimate of drug-likeness (QED) is 0.479. The van der Waals surface area contributed by atoms with E-state index in [0.29, 0.717) is 6.61 Å². The first-order valence-corrected chi connectivity index (χ1v) is 8.46. The van der Waals surface area contributed by atoms with E-state index in [4.69, 9.17) is 4.74 Å². The fourth-order valence-corrected chi connectivity index (χ4v) is 2.32. The van der Waals surface area contributed by atoms with Crippen molar-refractivity contribution in [1.29, 1.82) is 0 Å². The summed E-state index contributed by atoms with van der Waals surface area (Å²) in [7, 11) is 0. The molecule has 23 heavy (non-hydrogen) atoms. The fourth-order valence-electron chi connectivity index (χ4n) is 2.32. The van der Waals surface area contributed by atoms with Crippen molar-refractivity contribution in [3.63, 3.8) is 0 Å². The topological polar surface area (TPSA) is 21.3 Å². The maximum Gasteiger partial charge on any atom is 0.0716 e. The van der Waals surface area contributed by atoms with Gasteiger partial charge in [-0.05, 0) is 36.9 Å². The van der Waals surface area contributed by atoms with Gasteiger partial charge in [0.15, 0.2) is 0 Å². The van der Waals surface area contributed by atoms with Crippen LogP contribution < -0.4 is 5.32 Å². The van der Waals surface area contributed by atoms with Crippen LogP contribution in [0.3, 0.4) is 0 Å². The standard InChI is InChI=1S/C21H27NO/c1(2-10-16-22-18-20-12-6-4-7-13-20)3-11-17-23-19-21-14-8-5-9-15-21/h1-2,4-9,12-15,22H,3,10-11,16-19H2/b2-1-. The number of nitrogens with one attached hydrogen (secondary N) is 1. The zero-order chi connectivity index (χ0) is 16.0. The number of rotatable bonds is 11. The smallest absolute Gasteiger partial charge is 0.0716 e. The second-order valence-corrected chi connectivity index (χ2v) is 5.60. The Bertz CT molecular complexity index is 536. The average molecular weight is 309 g/mol. The highest BCUT2D eigenvalue weighted by molar-refractivity contribution is 5.14. The molecule has 0 amide bonds. The molecule has 0 fully saturated rings. The SMILES string of the molecule is C(=C/CCNCc1ccccc1)/CCCOCc1ccccc1. The normalized spacial score (nSPS) is 11.1. The zero-order valence-electron chi connectivity index (χ0n) is 13.8. The second kappa shape index (κ2) is 11.6. The Kier molecular flexibility index (Phi) is 8.83. The first kappa shape index (κ1) is 17.5. The van der Waals surface area contributed by atoms with Gasteiger partial charge in [-0.3, -0.25) is 0 Å². The van der Waals surface area contributed by atoms with Crippen LogP contribution in [0.1, 0.15) is 30.4 Å². The predicted octanol–water partition coefficient (Wildman–Crippen LogP) is 4.72. The Balaban J connectivity index is 1.40. The largest absolute Gasteiger partial charge is 0.377 e. The number of hydrogen-bond acceptors (Lipinski definition) is 2. The van der Waals surface area contributed by atoms with E-state index < -0.39 is 0 Å². The van der Waals surface area contributed by atoms with Crippen molar-refractivity contribution >= 4 is 0 Å². The lowest BCUT2D eigenvalue weighted by molar-refractivity contribution is 0.119. The first-order chi connectivity index (χ1) is 11.4. The minimum absolute atomic E-state index is 0.716. The summed E-state index contributed by atoms with van der Waals surface area (Å²) < 4.78 is 5.67. The van der Waals surface area contributed by atoms with E-state index in [1.807, 2.05) is 18.2 Å². The van der Waals surface area contributed by atoms with Crippen molar-refractivity contribution in [3.8, 4) is 0 Å². The Morgan fingerprint density at radius 1 is 0.783 bits per heavy atom. The summed E-state index contributed by atoms with van der Waals surface area (Å²) in [5.41, 5.74) is 2.58. The van der Waals surface area contributed by atoms with E-state index in [1.54, 1.807) is 0 Å². The van der Waals surface area contributed by atoms with Crippen LogP contribution in [-0.4, -0.2) is 13.2 Å². The molecule has 2 aromatic carbocycles. The van der Waals surface area contributed by atoms with Crippen molar-refractivity contribution in [3.05, 3.63) is 83.9 Å². The van der Waals surface area contributed by atoms with E-state index in [2.05, 4.69) is 59.9 Å². The molecule has 1 N–H and O–H groups in total. The van der Waals surface area contributed by atoms with Gasteiger partial charge >= 0.3 is 0 Å². The summed E-state index contributed by atoms with van der Waals surface area (Å²) >= 11 is 0. The van der Waals surface area contributed by atoms with Crippen LogP contribution in [0.4, 0.5) is 0 Å². The molecule has 0 saturated carbocycles. The van der Waals surface area contributed by atoms with Crippen LogP contribution in [0.2, 0.25) is 0 Å². The van der Waals surface area contributed by atoms with Crippen molar-refractivity contribution in [2.45, 2.75) is 32.4 Å². The molecule has 122 valence electrons. The molecule has 0 bridgehead atoms. The maximum absolute atomic E-state index is 5.67. The third-order valence-electron chi connectivity index (χ3n) is 3.60. The van der Waals surface area contributed by atoms with Gasteiger partial charge in [-0.1, -0.05) is 72.8 Å². The summed E-state index contributed by atoms with van der Waals surface area (Å²) in [6.07, 6.45) is 7.78. The first-order valence-electron chi connectivity index (χ1n) is 8.46. The van der Waals surface area contributed by atoms with Gasteiger partial charge in [0.2, 0.25) is 0 Å². The van der Waals surface area contributed by atoms with Crippen molar-refractivity contribution in [2.24, 2.45) is 0 Å². The number of ether oxygens (including phenoxy) is 1. The predicted molar refractivity (Wildman–Crippen MR) is 97.2 cm³/mol. The molecule has 0 atom stereocenters. The molecule has 0 aliphatic heterocycles. The van der Waals surface area contributed by atoms with Gasteiger partial charge in [-0.15, -0.1) is 0 Å². The van der Waals surface area contributed by atoms with Gasteiger partial charge in [-0.25, -0.2) is 0 Å². The van der Waals surface area contributed by atoms with Crippen molar-refractivity contribution in [1.82, 2.24) is 5.32 Å². The molecule has 0 spiro atoms. The van der Waals surface area contributed by atoms with Gasteiger partial charge in [0, 0.05) is 13.2 Å². The highest BCUT2D eigenvalue weighted by Gasteiger charge is 1.91. The lowest BCUT2D eigenvalue weighted by Gasteiger charge is -2.03. The number of allylic oxidation sites excluding steroid dienone is 1. The molecule has 0 aliphatic rings. The van der Waals surface area contributed by atoms with Crippen LogP contribution >= 0.6 is 0 Å². The summed E-state index contributed by atoms with van der Waals surface area (Å²) in [5.74, 6) is 0. The third kappa shape index (κ3) is 8.34. The van der Waals surface area contributed by atoms with Gasteiger partial charge in [0.1, 0.15) is 0 Å². The molecule has 2 nitrogen and oxygen atoms in total. The second-order valence-electron chi connectivity index (χ2n) is 5.60. The molecule has 0 aromatic heterocycles. The molecule has 2 rings (SSSR count). The van der Waals surface area contributed by atoms with E-state index in [-0.39, 0.29) is 0 Å². The lowest BCUT2D eigenvalue weighted by Crippen LogP contribution is -2.13. The Morgan fingerprint density at radius 2 is 1.43 bits per heavy atom. The van der Waals surface area contributed by atoms with Crippen molar-refractivity contribution < 1.29 is 4.74 Å². The fraction of sp³-hybridized carbons (Fsp3) is 0.333. The monoisotopic (exact) mass is 309 g/mol. The number of unbranched alkanes of at least 4 members (excludes halogenated alkanes) is 1. The molecule has 0 saturated heterocycles. The molecular weight excluding hydrogens is 282 g/mol.